The van der Waals surface area contributed by atoms with E-state index in [1.165, 1.54) is 10.9 Å². The van der Waals surface area contributed by atoms with Crippen LogP contribution in [-0.4, -0.2) is 10.3 Å². The third kappa shape index (κ3) is 3.63. The fourth-order valence-corrected chi connectivity index (χ4v) is 10.1. The van der Waals surface area contributed by atoms with Crippen molar-refractivity contribution in [2.24, 2.45) is 0 Å². The molecular weight excluding hydrogens is 365 g/mol. The minimum absolute atomic E-state index is 0. The van der Waals surface area contributed by atoms with Gasteiger partial charge in [0.25, 0.3) is 0 Å². The van der Waals surface area contributed by atoms with Crippen molar-refractivity contribution in [3.05, 3.63) is 35.5 Å². The maximum absolute atomic E-state index is 6.40. The molecule has 0 radical (unpaired) electrons. The number of rotatable bonds is 2. The number of hydrogen-bond donors (Lipinski definition) is 0. The van der Waals surface area contributed by atoms with Crippen LogP contribution in [-0.2, 0) is 20.4 Å². The van der Waals surface area contributed by atoms with Crippen molar-refractivity contribution in [3.63, 3.8) is 0 Å². The molecule has 1 rings (SSSR count). The van der Waals surface area contributed by atoms with E-state index in [-0.39, 0.29) is 30.7 Å². The van der Waals surface area contributed by atoms with Gasteiger partial charge in [0.05, 0.1) is 15.6 Å². The SMILES string of the molecule is Cc1cccc([P+]([CH-]Cl)(C(C)(C)C)C(C)(C)C)c1.[Pd]. The molecule has 0 aromatic heterocycles. The second-order valence-electron chi connectivity index (χ2n) is 7.00. The van der Waals surface area contributed by atoms with Crippen LogP contribution < -0.4 is 5.30 Å². The number of aryl methyl sites for hydroxylation is 1. The average molecular weight is 391 g/mol. The molecule has 1 aromatic rings. The van der Waals surface area contributed by atoms with Gasteiger partial charge in [-0.15, -0.1) is 0 Å². The molecule has 0 amide bonds. The summed E-state index contributed by atoms with van der Waals surface area (Å²) in [7, 11) is -1.58. The van der Waals surface area contributed by atoms with Crippen molar-refractivity contribution in [1.82, 2.24) is 0 Å². The van der Waals surface area contributed by atoms with E-state index in [9.17, 15) is 0 Å². The van der Waals surface area contributed by atoms with Crippen molar-refractivity contribution < 1.29 is 20.4 Å². The van der Waals surface area contributed by atoms with Gasteiger partial charge in [0.2, 0.25) is 0 Å². The van der Waals surface area contributed by atoms with E-state index in [1.54, 1.807) is 0 Å². The summed E-state index contributed by atoms with van der Waals surface area (Å²) in [6.45, 7) is 16.0. The number of hydrogen-bond acceptors (Lipinski definition) is 0. The summed E-state index contributed by atoms with van der Waals surface area (Å²) in [6, 6.07) is 8.86. The summed E-state index contributed by atoms with van der Waals surface area (Å²) in [6.07, 6.45) is 0. The maximum atomic E-state index is 6.40. The Morgan fingerprint density at radius 3 is 1.79 bits per heavy atom. The fourth-order valence-electron chi connectivity index (χ4n) is 2.98. The molecule has 0 aliphatic carbocycles. The van der Waals surface area contributed by atoms with E-state index < -0.39 is 7.26 Å². The van der Waals surface area contributed by atoms with E-state index in [2.05, 4.69) is 72.7 Å². The predicted molar refractivity (Wildman–Crippen MR) is 87.4 cm³/mol. The minimum Gasteiger partial charge on any atom is -0.304 e. The minimum atomic E-state index is -1.58. The molecule has 0 fully saturated rings. The first-order valence-electron chi connectivity index (χ1n) is 6.47. The second-order valence-corrected chi connectivity index (χ2v) is 12.4. The summed E-state index contributed by atoms with van der Waals surface area (Å²) in [5, 5.41) is 1.75. The van der Waals surface area contributed by atoms with Crippen LogP contribution in [0.1, 0.15) is 47.1 Å². The Labute approximate surface area is 138 Å². The fraction of sp³-hybridized carbons (Fsp3) is 0.562. The molecule has 0 bridgehead atoms. The zero-order valence-electron chi connectivity index (χ0n) is 13.0. The van der Waals surface area contributed by atoms with Crippen LogP contribution in [0.2, 0.25) is 0 Å². The van der Waals surface area contributed by atoms with Gasteiger partial charge in [-0.05, 0) is 66.2 Å². The van der Waals surface area contributed by atoms with Gasteiger partial charge in [0.15, 0.2) is 0 Å². The van der Waals surface area contributed by atoms with Crippen molar-refractivity contribution >= 4 is 24.2 Å². The first kappa shape index (κ1) is 19.6. The van der Waals surface area contributed by atoms with Crippen LogP contribution in [0.15, 0.2) is 24.3 Å². The Balaban J connectivity index is 0.00000324. The normalized spacial score (nSPS) is 13.1. The van der Waals surface area contributed by atoms with Gasteiger partial charge < -0.3 is 11.6 Å². The van der Waals surface area contributed by atoms with Gasteiger partial charge in [0, 0.05) is 20.4 Å². The first-order valence-corrected chi connectivity index (χ1v) is 8.76. The summed E-state index contributed by atoms with van der Waals surface area (Å²) in [5.74, 6) is 0. The van der Waals surface area contributed by atoms with Crippen molar-refractivity contribution in [1.29, 1.82) is 0 Å². The summed E-state index contributed by atoms with van der Waals surface area (Å²) >= 11 is 6.40. The molecule has 0 unspecified atom stereocenters. The van der Waals surface area contributed by atoms with Gasteiger partial charge in [-0.25, -0.2) is 0 Å². The van der Waals surface area contributed by atoms with Gasteiger partial charge in [-0.2, -0.15) is 0 Å². The van der Waals surface area contributed by atoms with Crippen molar-refractivity contribution in [3.8, 4) is 0 Å². The standard InChI is InChI=1S/C16H26ClP.Pd/c1-13-9-8-10-14(11-13)18(12-17,15(2,3)4)16(5,6)7;/h8-12H,1-7H3;. The molecule has 0 atom stereocenters. The van der Waals surface area contributed by atoms with Gasteiger partial charge >= 0.3 is 0 Å². The Hall–Kier alpha value is 0.602. The Kier molecular flexibility index (Phi) is 6.79. The summed E-state index contributed by atoms with van der Waals surface area (Å²) < 4.78 is 0. The predicted octanol–water partition coefficient (Wildman–Crippen LogP) is 5.59. The zero-order chi connectivity index (χ0) is 14.2. The van der Waals surface area contributed by atoms with Crippen LogP contribution in [0.25, 0.3) is 0 Å². The second kappa shape index (κ2) is 6.58. The molecule has 19 heavy (non-hydrogen) atoms. The number of benzene rings is 1. The molecule has 0 spiro atoms. The van der Waals surface area contributed by atoms with E-state index in [0.717, 1.165) is 0 Å². The van der Waals surface area contributed by atoms with Crippen LogP contribution in [0.3, 0.4) is 0 Å². The third-order valence-electron chi connectivity index (χ3n) is 3.67. The Morgan fingerprint density at radius 2 is 1.47 bits per heavy atom. The van der Waals surface area contributed by atoms with Crippen LogP contribution in [0.5, 0.6) is 0 Å². The molecular formula is C16H26ClPPd. The molecule has 1 aromatic carbocycles. The van der Waals surface area contributed by atoms with Crippen LogP contribution >= 0.6 is 18.9 Å². The summed E-state index contributed by atoms with van der Waals surface area (Å²) in [5.41, 5.74) is 3.30. The molecule has 112 valence electrons. The monoisotopic (exact) mass is 390 g/mol. The summed E-state index contributed by atoms with van der Waals surface area (Å²) in [4.78, 5) is 0. The Morgan fingerprint density at radius 1 is 1.00 bits per heavy atom. The van der Waals surface area contributed by atoms with Crippen molar-refractivity contribution in [2.45, 2.75) is 58.8 Å². The molecule has 0 aliphatic rings. The average Bonchev–Trinajstić information content (AvgIpc) is 2.14. The third-order valence-corrected chi connectivity index (χ3v) is 10.2. The molecule has 0 N–H and O–H groups in total. The topological polar surface area (TPSA) is 0 Å². The van der Waals surface area contributed by atoms with E-state index in [1.807, 2.05) is 5.62 Å². The molecule has 0 nitrogen and oxygen atoms in total. The van der Waals surface area contributed by atoms with Crippen LogP contribution in [0, 0.1) is 12.5 Å². The Bertz CT molecular complexity index is 401. The van der Waals surface area contributed by atoms with E-state index in [4.69, 9.17) is 11.6 Å². The molecule has 0 saturated carbocycles. The maximum Gasteiger partial charge on any atom is 0.0672 e. The van der Waals surface area contributed by atoms with Gasteiger partial charge in [-0.1, -0.05) is 25.0 Å². The number of halogens is 1. The molecule has 0 heterocycles. The van der Waals surface area contributed by atoms with E-state index >= 15 is 0 Å². The van der Waals surface area contributed by atoms with Gasteiger partial charge in [0.1, 0.15) is 0 Å². The molecule has 3 heteroatoms. The quantitative estimate of drug-likeness (QED) is 0.350. The first-order chi connectivity index (χ1) is 8.06. The van der Waals surface area contributed by atoms with Crippen LogP contribution in [0.4, 0.5) is 0 Å². The van der Waals surface area contributed by atoms with E-state index in [0.29, 0.717) is 0 Å². The molecule has 0 aliphatic heterocycles. The van der Waals surface area contributed by atoms with Crippen molar-refractivity contribution in [2.75, 3.05) is 0 Å². The largest absolute Gasteiger partial charge is 0.304 e. The van der Waals surface area contributed by atoms with Gasteiger partial charge in [-0.3, -0.25) is 0 Å². The zero-order valence-corrected chi connectivity index (χ0v) is 16.2. The molecule has 0 saturated heterocycles. The smallest absolute Gasteiger partial charge is 0.0672 e.